The molecule has 0 atom stereocenters. The van der Waals surface area contributed by atoms with E-state index >= 15 is 0 Å². The molecule has 0 radical (unpaired) electrons. The molecule has 0 fully saturated rings. The molecule has 0 N–H and O–H groups in total. The van der Waals surface area contributed by atoms with Crippen LogP contribution in [0.1, 0.15) is 6.92 Å². The number of imidazole rings is 1. The molecule has 2 aromatic carbocycles. The van der Waals surface area contributed by atoms with Gasteiger partial charge in [0, 0.05) is 28.2 Å². The van der Waals surface area contributed by atoms with E-state index in [1.54, 1.807) is 58.5 Å². The molecule has 3 aromatic rings. The molecule has 1 heterocycles. The molecular weight excluding hydrogens is 420 g/mol. The quantitative estimate of drug-likeness (QED) is 0.549. The highest BCUT2D eigenvalue weighted by molar-refractivity contribution is 7.92. The second-order valence-electron chi connectivity index (χ2n) is 7.28. The molecule has 0 aliphatic carbocycles. The number of aryl methyl sites for hydroxylation is 2. The fourth-order valence-corrected chi connectivity index (χ4v) is 4.66. The number of carbonyl (C=O) groups is 1. The van der Waals surface area contributed by atoms with Crippen molar-refractivity contribution in [1.29, 1.82) is 0 Å². The van der Waals surface area contributed by atoms with Crippen LogP contribution in [0.3, 0.4) is 0 Å². The topological polar surface area (TPSA) is 93.8 Å². The van der Waals surface area contributed by atoms with Crippen LogP contribution in [0.15, 0.2) is 52.2 Å². The van der Waals surface area contributed by atoms with Crippen molar-refractivity contribution in [2.24, 2.45) is 14.1 Å². The third-order valence-corrected chi connectivity index (χ3v) is 6.81. The summed E-state index contributed by atoms with van der Waals surface area (Å²) < 4.78 is 36.5. The number of aromatic nitrogens is 2. The van der Waals surface area contributed by atoms with Crippen molar-refractivity contribution in [3.8, 4) is 5.75 Å². The Labute approximate surface area is 181 Å². The van der Waals surface area contributed by atoms with Crippen LogP contribution in [0.2, 0.25) is 0 Å². The second kappa shape index (κ2) is 8.46. The molecule has 1 aromatic heterocycles. The first kappa shape index (κ1) is 22.4. The van der Waals surface area contributed by atoms with E-state index in [4.69, 9.17) is 4.74 Å². The molecule has 0 bridgehead atoms. The Hall–Kier alpha value is -3.27. The zero-order valence-electron chi connectivity index (χ0n) is 18.2. The summed E-state index contributed by atoms with van der Waals surface area (Å²) in [5, 5.41) is 0. The van der Waals surface area contributed by atoms with Crippen LogP contribution >= 0.6 is 0 Å². The monoisotopic (exact) mass is 446 g/mol. The lowest BCUT2D eigenvalue weighted by Gasteiger charge is -2.25. The maximum Gasteiger partial charge on any atom is 0.328 e. The Bertz CT molecular complexity index is 1270. The van der Waals surface area contributed by atoms with Crippen LogP contribution in [0, 0.1) is 0 Å². The Morgan fingerprint density at radius 3 is 2.19 bits per heavy atom. The number of fused-ring (bicyclic) bond motifs is 1. The standard InChI is InChI=1S/C21H26N4O5S/c1-6-30-16-9-7-15(8-10-16)25(14-20(26)22(2)3)31(28,29)17-11-12-18-19(13-17)24(5)21(27)23(18)4/h7-13H,6,14H2,1-5H3. The van der Waals surface area contributed by atoms with E-state index in [-0.39, 0.29) is 23.0 Å². The van der Waals surface area contributed by atoms with Crippen molar-refractivity contribution < 1.29 is 17.9 Å². The van der Waals surface area contributed by atoms with Crippen LogP contribution in [0.5, 0.6) is 5.75 Å². The number of hydrogen-bond donors (Lipinski definition) is 0. The van der Waals surface area contributed by atoms with Gasteiger partial charge in [0.2, 0.25) is 5.91 Å². The molecule has 166 valence electrons. The summed E-state index contributed by atoms with van der Waals surface area (Å²) in [6, 6.07) is 11.0. The fourth-order valence-electron chi connectivity index (χ4n) is 3.23. The maximum absolute atomic E-state index is 13.6. The number of ether oxygens (including phenoxy) is 1. The smallest absolute Gasteiger partial charge is 0.328 e. The number of sulfonamides is 1. The van der Waals surface area contributed by atoms with Crippen molar-refractivity contribution in [2.45, 2.75) is 11.8 Å². The summed E-state index contributed by atoms with van der Waals surface area (Å²) in [5.74, 6) is 0.230. The fraction of sp³-hybridized carbons (Fsp3) is 0.333. The van der Waals surface area contributed by atoms with Crippen molar-refractivity contribution in [2.75, 3.05) is 31.6 Å². The predicted octanol–water partition coefficient (Wildman–Crippen LogP) is 1.56. The zero-order chi connectivity index (χ0) is 22.9. The summed E-state index contributed by atoms with van der Waals surface area (Å²) >= 11 is 0. The van der Waals surface area contributed by atoms with Gasteiger partial charge >= 0.3 is 5.69 Å². The Morgan fingerprint density at radius 1 is 1.00 bits per heavy atom. The predicted molar refractivity (Wildman–Crippen MR) is 119 cm³/mol. The molecule has 1 amide bonds. The summed E-state index contributed by atoms with van der Waals surface area (Å²) in [7, 11) is 2.24. The minimum atomic E-state index is -4.10. The highest BCUT2D eigenvalue weighted by Gasteiger charge is 2.28. The van der Waals surface area contributed by atoms with E-state index in [0.29, 0.717) is 29.1 Å². The normalized spacial score (nSPS) is 11.5. The number of rotatable bonds is 7. The molecule has 0 unspecified atom stereocenters. The Kier molecular flexibility index (Phi) is 6.12. The highest BCUT2D eigenvalue weighted by Crippen LogP contribution is 2.27. The average molecular weight is 447 g/mol. The SMILES string of the molecule is CCOc1ccc(N(CC(=O)N(C)C)S(=O)(=O)c2ccc3c(c2)n(C)c(=O)n3C)cc1. The van der Waals surface area contributed by atoms with Gasteiger partial charge in [0.15, 0.2) is 0 Å². The molecule has 0 saturated heterocycles. The maximum atomic E-state index is 13.6. The first-order valence-corrected chi connectivity index (χ1v) is 11.1. The van der Waals surface area contributed by atoms with Crippen molar-refractivity contribution in [3.63, 3.8) is 0 Å². The average Bonchev–Trinajstić information content (AvgIpc) is 2.96. The molecule has 0 aliphatic heterocycles. The van der Waals surface area contributed by atoms with Gasteiger partial charge in [-0.3, -0.25) is 18.2 Å². The van der Waals surface area contributed by atoms with Gasteiger partial charge in [0.05, 0.1) is 28.2 Å². The molecule has 0 spiro atoms. The largest absolute Gasteiger partial charge is 0.494 e. The van der Waals surface area contributed by atoms with E-state index in [9.17, 15) is 18.0 Å². The van der Waals surface area contributed by atoms with Gasteiger partial charge < -0.3 is 9.64 Å². The van der Waals surface area contributed by atoms with Crippen LogP contribution in [-0.2, 0) is 28.9 Å². The molecule has 0 aliphatic rings. The van der Waals surface area contributed by atoms with Crippen LogP contribution in [-0.4, -0.2) is 55.6 Å². The number of hydrogen-bond acceptors (Lipinski definition) is 5. The molecular formula is C21H26N4O5S. The van der Waals surface area contributed by atoms with Gasteiger partial charge in [0.25, 0.3) is 10.0 Å². The number of carbonyl (C=O) groups excluding carboxylic acids is 1. The van der Waals surface area contributed by atoms with Gasteiger partial charge in [-0.05, 0) is 49.4 Å². The molecule has 0 saturated carbocycles. The van der Waals surface area contributed by atoms with Crippen LogP contribution < -0.4 is 14.7 Å². The number of likely N-dealkylation sites (N-methyl/N-ethyl adjacent to an activating group) is 1. The number of nitrogens with zero attached hydrogens (tertiary/aromatic N) is 4. The first-order chi connectivity index (χ1) is 14.6. The van der Waals surface area contributed by atoms with Crippen LogP contribution in [0.4, 0.5) is 5.69 Å². The second-order valence-corrected chi connectivity index (χ2v) is 9.14. The highest BCUT2D eigenvalue weighted by atomic mass is 32.2. The Morgan fingerprint density at radius 2 is 1.61 bits per heavy atom. The van der Waals surface area contributed by atoms with Gasteiger partial charge in [-0.25, -0.2) is 13.2 Å². The summed E-state index contributed by atoms with van der Waals surface area (Å²) in [6.45, 7) is 1.97. The summed E-state index contributed by atoms with van der Waals surface area (Å²) in [6.07, 6.45) is 0. The number of amides is 1. The van der Waals surface area contributed by atoms with E-state index in [1.165, 1.54) is 26.2 Å². The van der Waals surface area contributed by atoms with Crippen LogP contribution in [0.25, 0.3) is 11.0 Å². The van der Waals surface area contributed by atoms with Crippen molar-refractivity contribution >= 4 is 32.7 Å². The molecule has 9 nitrogen and oxygen atoms in total. The summed E-state index contributed by atoms with van der Waals surface area (Å²) in [4.78, 5) is 26.0. The number of anilines is 1. The number of benzene rings is 2. The molecule has 3 rings (SSSR count). The Balaban J connectivity index is 2.12. The zero-order valence-corrected chi connectivity index (χ0v) is 19.0. The van der Waals surface area contributed by atoms with E-state index in [2.05, 4.69) is 0 Å². The van der Waals surface area contributed by atoms with E-state index < -0.39 is 10.0 Å². The minimum Gasteiger partial charge on any atom is -0.494 e. The molecule has 10 heteroatoms. The minimum absolute atomic E-state index is 0.0124. The lowest BCUT2D eigenvalue weighted by molar-refractivity contribution is -0.127. The summed E-state index contributed by atoms with van der Waals surface area (Å²) in [5.41, 5.74) is 1.18. The van der Waals surface area contributed by atoms with E-state index in [1.807, 2.05) is 6.92 Å². The van der Waals surface area contributed by atoms with E-state index in [0.717, 1.165) is 4.31 Å². The van der Waals surface area contributed by atoms with Gasteiger partial charge in [0.1, 0.15) is 12.3 Å². The van der Waals surface area contributed by atoms with Gasteiger partial charge in [-0.1, -0.05) is 0 Å². The van der Waals surface area contributed by atoms with Crippen molar-refractivity contribution in [1.82, 2.24) is 14.0 Å². The van der Waals surface area contributed by atoms with Gasteiger partial charge in [-0.15, -0.1) is 0 Å². The third-order valence-electron chi connectivity index (χ3n) is 5.04. The third kappa shape index (κ3) is 4.15. The van der Waals surface area contributed by atoms with Crippen molar-refractivity contribution in [3.05, 3.63) is 52.9 Å². The first-order valence-electron chi connectivity index (χ1n) is 9.69. The lowest BCUT2D eigenvalue weighted by atomic mass is 10.3. The molecule has 31 heavy (non-hydrogen) atoms. The lowest BCUT2D eigenvalue weighted by Crippen LogP contribution is -2.40. The van der Waals surface area contributed by atoms with Gasteiger partial charge in [-0.2, -0.15) is 0 Å².